The summed E-state index contributed by atoms with van der Waals surface area (Å²) < 4.78 is 29.2. The molecule has 2 aromatic rings. The molecule has 21 heavy (non-hydrogen) atoms. The summed E-state index contributed by atoms with van der Waals surface area (Å²) in [6.45, 7) is 1.78. The van der Waals surface area contributed by atoms with Crippen molar-refractivity contribution >= 4 is 5.97 Å². The van der Waals surface area contributed by atoms with E-state index in [1.165, 1.54) is 0 Å². The predicted octanol–water partition coefficient (Wildman–Crippen LogP) is 3.13. The number of halogens is 1. The van der Waals surface area contributed by atoms with Gasteiger partial charge in [0.2, 0.25) is 0 Å². The molecule has 0 bridgehead atoms. The van der Waals surface area contributed by atoms with Gasteiger partial charge in [0.25, 0.3) is 0 Å². The highest BCUT2D eigenvalue weighted by Gasteiger charge is 2.52. The summed E-state index contributed by atoms with van der Waals surface area (Å²) >= 11 is 0. The lowest BCUT2D eigenvalue weighted by Crippen LogP contribution is -2.43. The van der Waals surface area contributed by atoms with E-state index < -0.39 is 12.0 Å². The molecule has 0 aliphatic carbocycles. The van der Waals surface area contributed by atoms with Gasteiger partial charge in [-0.15, -0.1) is 4.39 Å². The predicted molar refractivity (Wildman–Crippen MR) is 72.5 cm³/mol. The SMILES string of the molecule is Cc1ccc2c(c1)OC(F)(C(=O)OCc1ccccc1)O2. The minimum absolute atomic E-state index is 0.0482. The summed E-state index contributed by atoms with van der Waals surface area (Å²) in [6, 6.07) is 10.9. The maximum Gasteiger partial charge on any atom is 0.513 e. The van der Waals surface area contributed by atoms with E-state index in [4.69, 9.17) is 14.2 Å². The van der Waals surface area contributed by atoms with E-state index in [0.29, 0.717) is 0 Å². The van der Waals surface area contributed by atoms with Crippen molar-refractivity contribution in [2.45, 2.75) is 19.6 Å². The molecule has 0 radical (unpaired) electrons. The van der Waals surface area contributed by atoms with E-state index in [9.17, 15) is 9.18 Å². The highest BCUT2D eigenvalue weighted by Crippen LogP contribution is 2.41. The summed E-state index contributed by atoms with van der Waals surface area (Å²) in [5.41, 5.74) is 1.63. The van der Waals surface area contributed by atoms with Crippen LogP contribution in [0.5, 0.6) is 11.5 Å². The van der Waals surface area contributed by atoms with Crippen molar-refractivity contribution < 1.29 is 23.4 Å². The van der Waals surface area contributed by atoms with Crippen molar-refractivity contribution in [2.24, 2.45) is 0 Å². The number of ether oxygens (including phenoxy) is 3. The molecule has 108 valence electrons. The lowest BCUT2D eigenvalue weighted by molar-refractivity contribution is -0.224. The number of aryl methyl sites for hydroxylation is 1. The van der Waals surface area contributed by atoms with E-state index in [-0.39, 0.29) is 18.1 Å². The zero-order chi connectivity index (χ0) is 14.9. The van der Waals surface area contributed by atoms with Crippen LogP contribution in [0.15, 0.2) is 48.5 Å². The third-order valence-electron chi connectivity index (χ3n) is 3.04. The Bertz CT molecular complexity index is 671. The van der Waals surface area contributed by atoms with Gasteiger partial charge in [-0.1, -0.05) is 36.4 Å². The standard InChI is InChI=1S/C16H13FO4/c1-11-7-8-13-14(9-11)21-16(17,20-13)15(18)19-10-12-5-3-2-4-6-12/h2-9H,10H2,1H3. The number of alkyl halides is 1. The molecule has 5 heteroatoms. The zero-order valence-electron chi connectivity index (χ0n) is 11.3. The second-order valence-electron chi connectivity index (χ2n) is 4.75. The molecule has 2 aromatic carbocycles. The van der Waals surface area contributed by atoms with E-state index in [0.717, 1.165) is 11.1 Å². The fourth-order valence-electron chi connectivity index (χ4n) is 1.98. The van der Waals surface area contributed by atoms with Gasteiger partial charge < -0.3 is 14.2 Å². The number of carbonyl (C=O) groups excluding carboxylic acids is 1. The largest absolute Gasteiger partial charge is 0.513 e. The van der Waals surface area contributed by atoms with Crippen LogP contribution in [0, 0.1) is 6.92 Å². The van der Waals surface area contributed by atoms with Crippen LogP contribution in [0.3, 0.4) is 0 Å². The molecule has 0 spiro atoms. The normalized spacial score (nSPS) is 19.3. The molecule has 0 amide bonds. The Kier molecular flexibility index (Phi) is 3.25. The average Bonchev–Trinajstić information content (AvgIpc) is 2.82. The molecule has 0 saturated heterocycles. The summed E-state index contributed by atoms with van der Waals surface area (Å²) in [5, 5.41) is 0. The molecule has 3 rings (SSSR count). The average molecular weight is 288 g/mol. The van der Waals surface area contributed by atoms with Crippen LogP contribution >= 0.6 is 0 Å². The summed E-state index contributed by atoms with van der Waals surface area (Å²) in [5.74, 6) is -0.839. The van der Waals surface area contributed by atoms with Crippen molar-refractivity contribution in [3.63, 3.8) is 0 Å². The number of rotatable bonds is 3. The molecular formula is C16H13FO4. The molecule has 0 N–H and O–H groups in total. The van der Waals surface area contributed by atoms with Crippen LogP contribution in [0.25, 0.3) is 0 Å². The minimum atomic E-state index is -2.93. The van der Waals surface area contributed by atoms with Gasteiger partial charge in [-0.3, -0.25) is 0 Å². The summed E-state index contributed by atoms with van der Waals surface area (Å²) in [6.07, 6.45) is 0. The molecule has 0 fully saturated rings. The fourth-order valence-corrected chi connectivity index (χ4v) is 1.98. The second-order valence-corrected chi connectivity index (χ2v) is 4.75. The van der Waals surface area contributed by atoms with E-state index in [1.807, 2.05) is 13.0 Å². The Morgan fingerprint density at radius 2 is 1.86 bits per heavy atom. The molecule has 1 unspecified atom stereocenters. The van der Waals surface area contributed by atoms with Gasteiger partial charge in [0.15, 0.2) is 11.5 Å². The Morgan fingerprint density at radius 1 is 1.14 bits per heavy atom. The van der Waals surface area contributed by atoms with Crippen LogP contribution in [-0.2, 0) is 16.1 Å². The Hall–Kier alpha value is -2.56. The Morgan fingerprint density at radius 3 is 2.62 bits per heavy atom. The molecule has 1 aliphatic rings. The first-order valence-electron chi connectivity index (χ1n) is 6.45. The van der Waals surface area contributed by atoms with Gasteiger partial charge in [0.1, 0.15) is 6.61 Å². The lowest BCUT2D eigenvalue weighted by atomic mass is 10.2. The van der Waals surface area contributed by atoms with Crippen molar-refractivity contribution in [1.29, 1.82) is 0 Å². The van der Waals surface area contributed by atoms with Crippen LogP contribution in [0.4, 0.5) is 4.39 Å². The second kappa shape index (κ2) is 5.09. The molecule has 1 aliphatic heterocycles. The summed E-state index contributed by atoms with van der Waals surface area (Å²) in [4.78, 5) is 11.8. The maximum atomic E-state index is 14.4. The van der Waals surface area contributed by atoms with Gasteiger partial charge in [0, 0.05) is 0 Å². The third kappa shape index (κ3) is 2.67. The van der Waals surface area contributed by atoms with Gasteiger partial charge in [-0.2, -0.15) is 0 Å². The fraction of sp³-hybridized carbons (Fsp3) is 0.188. The van der Waals surface area contributed by atoms with Crippen LogP contribution in [0.1, 0.15) is 11.1 Å². The highest BCUT2D eigenvalue weighted by molar-refractivity contribution is 5.78. The van der Waals surface area contributed by atoms with E-state index >= 15 is 0 Å². The quantitative estimate of drug-likeness (QED) is 0.814. The van der Waals surface area contributed by atoms with Gasteiger partial charge in [0.05, 0.1) is 0 Å². The molecular weight excluding hydrogens is 275 g/mol. The van der Waals surface area contributed by atoms with E-state index in [1.54, 1.807) is 42.5 Å². The number of fused-ring (bicyclic) bond motifs is 1. The van der Waals surface area contributed by atoms with Gasteiger partial charge in [-0.25, -0.2) is 4.79 Å². The number of hydrogen-bond acceptors (Lipinski definition) is 4. The zero-order valence-corrected chi connectivity index (χ0v) is 11.3. The Balaban J connectivity index is 1.68. The molecule has 0 saturated carbocycles. The topological polar surface area (TPSA) is 44.8 Å². The van der Waals surface area contributed by atoms with Crippen molar-refractivity contribution in [3.05, 3.63) is 59.7 Å². The van der Waals surface area contributed by atoms with Crippen molar-refractivity contribution in [2.75, 3.05) is 0 Å². The smallest absolute Gasteiger partial charge is 0.453 e. The first-order chi connectivity index (χ1) is 10.1. The van der Waals surface area contributed by atoms with E-state index in [2.05, 4.69) is 0 Å². The van der Waals surface area contributed by atoms with Crippen LogP contribution in [0.2, 0.25) is 0 Å². The first-order valence-corrected chi connectivity index (χ1v) is 6.45. The molecule has 1 atom stereocenters. The van der Waals surface area contributed by atoms with Crippen molar-refractivity contribution in [1.82, 2.24) is 0 Å². The van der Waals surface area contributed by atoms with Gasteiger partial charge in [-0.05, 0) is 30.2 Å². The Labute approximate surface area is 121 Å². The molecule has 4 nitrogen and oxygen atoms in total. The van der Waals surface area contributed by atoms with Crippen molar-refractivity contribution in [3.8, 4) is 11.5 Å². The molecule has 1 heterocycles. The van der Waals surface area contributed by atoms with Crippen LogP contribution < -0.4 is 9.47 Å². The van der Waals surface area contributed by atoms with Gasteiger partial charge >= 0.3 is 12.0 Å². The minimum Gasteiger partial charge on any atom is -0.453 e. The third-order valence-corrected chi connectivity index (χ3v) is 3.04. The van der Waals surface area contributed by atoms with Crippen LogP contribution in [-0.4, -0.2) is 12.0 Å². The molecule has 0 aromatic heterocycles. The monoisotopic (exact) mass is 288 g/mol. The lowest BCUT2D eigenvalue weighted by Gasteiger charge is -2.16. The number of benzene rings is 2. The number of carbonyl (C=O) groups is 1. The number of esters is 1. The first kappa shape index (κ1) is 13.4. The maximum absolute atomic E-state index is 14.4. The highest BCUT2D eigenvalue weighted by atomic mass is 19.2. The number of hydrogen-bond donors (Lipinski definition) is 0. The summed E-state index contributed by atoms with van der Waals surface area (Å²) in [7, 11) is 0.